The third-order valence-electron chi connectivity index (χ3n) is 3.09. The van der Waals surface area contributed by atoms with E-state index in [1.54, 1.807) is 7.11 Å². The Kier molecular flexibility index (Phi) is 6.17. The molecule has 15 heavy (non-hydrogen) atoms. The molecule has 0 aromatic rings. The summed E-state index contributed by atoms with van der Waals surface area (Å²) >= 11 is 0. The van der Waals surface area contributed by atoms with Crippen molar-refractivity contribution in [1.29, 1.82) is 0 Å². The average Bonchev–Trinajstić information content (AvgIpc) is 2.76. The molecular formula is C11H24N2O2. The highest BCUT2D eigenvalue weighted by atomic mass is 16.5. The second-order valence-corrected chi connectivity index (χ2v) is 4.27. The van der Waals surface area contributed by atoms with Gasteiger partial charge < -0.3 is 19.7 Å². The lowest BCUT2D eigenvalue weighted by Gasteiger charge is -2.27. The predicted molar refractivity (Wildman–Crippen MR) is 61.1 cm³/mol. The lowest BCUT2D eigenvalue weighted by Crippen LogP contribution is -2.44. The first-order valence-electron chi connectivity index (χ1n) is 5.70. The molecule has 2 unspecified atom stereocenters. The molecule has 4 heteroatoms. The molecular weight excluding hydrogens is 192 g/mol. The molecule has 1 aliphatic heterocycles. The second-order valence-electron chi connectivity index (χ2n) is 4.27. The maximum absolute atomic E-state index is 5.42. The Morgan fingerprint density at radius 2 is 2.40 bits per heavy atom. The topological polar surface area (TPSA) is 33.7 Å². The number of nitrogens with one attached hydrogen (secondary N) is 1. The summed E-state index contributed by atoms with van der Waals surface area (Å²) in [6.45, 7) is 4.68. The van der Waals surface area contributed by atoms with E-state index in [9.17, 15) is 0 Å². The minimum atomic E-state index is 0.536. The Bertz CT molecular complexity index is 161. The van der Waals surface area contributed by atoms with Crippen molar-refractivity contribution in [2.45, 2.75) is 12.5 Å². The number of hydrogen-bond acceptors (Lipinski definition) is 4. The lowest BCUT2D eigenvalue weighted by molar-refractivity contribution is 0.142. The van der Waals surface area contributed by atoms with E-state index in [-0.39, 0.29) is 0 Å². The molecule has 0 bridgehead atoms. The number of methoxy groups -OCH3 is 1. The third kappa shape index (κ3) is 4.47. The molecule has 90 valence electrons. The van der Waals surface area contributed by atoms with Gasteiger partial charge in [-0.25, -0.2) is 0 Å². The fourth-order valence-electron chi connectivity index (χ4n) is 2.02. The van der Waals surface area contributed by atoms with Crippen molar-refractivity contribution >= 4 is 0 Å². The van der Waals surface area contributed by atoms with Crippen molar-refractivity contribution in [2.24, 2.45) is 5.92 Å². The van der Waals surface area contributed by atoms with Gasteiger partial charge in [0.1, 0.15) is 0 Å². The van der Waals surface area contributed by atoms with Crippen LogP contribution in [0.15, 0.2) is 0 Å². The highest BCUT2D eigenvalue weighted by Crippen LogP contribution is 2.17. The molecule has 1 aliphatic rings. The van der Waals surface area contributed by atoms with Gasteiger partial charge in [0.25, 0.3) is 0 Å². The largest absolute Gasteiger partial charge is 0.383 e. The Morgan fingerprint density at radius 1 is 1.60 bits per heavy atom. The fourth-order valence-corrected chi connectivity index (χ4v) is 2.02. The van der Waals surface area contributed by atoms with E-state index in [1.165, 1.54) is 6.42 Å². The van der Waals surface area contributed by atoms with E-state index in [1.807, 2.05) is 7.05 Å². The Balaban J connectivity index is 2.25. The average molecular weight is 216 g/mol. The molecule has 1 heterocycles. The molecule has 1 N–H and O–H groups in total. The van der Waals surface area contributed by atoms with Crippen LogP contribution in [0, 0.1) is 5.92 Å². The van der Waals surface area contributed by atoms with Gasteiger partial charge >= 0.3 is 0 Å². The first-order chi connectivity index (χ1) is 7.27. The summed E-state index contributed by atoms with van der Waals surface area (Å²) in [6, 6.07) is 0.536. The van der Waals surface area contributed by atoms with Crippen LogP contribution >= 0.6 is 0 Å². The Labute approximate surface area is 92.9 Å². The molecule has 0 spiro atoms. The van der Waals surface area contributed by atoms with Crippen LogP contribution in [-0.2, 0) is 9.47 Å². The number of hydrogen-bond donors (Lipinski definition) is 1. The van der Waals surface area contributed by atoms with Crippen LogP contribution in [-0.4, -0.2) is 65.1 Å². The fraction of sp³-hybridized carbons (Fsp3) is 1.00. The van der Waals surface area contributed by atoms with E-state index < -0.39 is 0 Å². The van der Waals surface area contributed by atoms with Crippen LogP contribution in [0.25, 0.3) is 0 Å². The summed E-state index contributed by atoms with van der Waals surface area (Å²) in [5, 5.41) is 3.39. The first-order valence-corrected chi connectivity index (χ1v) is 5.70. The zero-order valence-corrected chi connectivity index (χ0v) is 10.2. The van der Waals surface area contributed by atoms with Gasteiger partial charge in [-0.1, -0.05) is 0 Å². The minimum Gasteiger partial charge on any atom is -0.383 e. The van der Waals surface area contributed by atoms with Gasteiger partial charge in [-0.15, -0.1) is 0 Å². The van der Waals surface area contributed by atoms with E-state index in [2.05, 4.69) is 17.3 Å². The second kappa shape index (κ2) is 7.17. The summed E-state index contributed by atoms with van der Waals surface area (Å²) in [5.41, 5.74) is 0. The number of likely N-dealkylation sites (N-methyl/N-ethyl adjacent to an activating group) is 2. The highest BCUT2D eigenvalue weighted by Gasteiger charge is 2.25. The molecule has 1 saturated heterocycles. The normalized spacial score (nSPS) is 23.6. The molecule has 2 atom stereocenters. The third-order valence-corrected chi connectivity index (χ3v) is 3.09. The standard InChI is InChI=1S/C11H24N2O2/c1-12-11(10-4-6-15-9-10)8-13(2)5-7-14-3/h10-12H,4-9H2,1-3H3. The maximum atomic E-state index is 5.42. The number of rotatable bonds is 7. The Hall–Kier alpha value is -0.160. The summed E-state index contributed by atoms with van der Waals surface area (Å²) < 4.78 is 10.5. The summed E-state index contributed by atoms with van der Waals surface area (Å²) in [5.74, 6) is 0.667. The number of ether oxygens (including phenoxy) is 2. The van der Waals surface area contributed by atoms with Gasteiger partial charge in [-0.05, 0) is 20.5 Å². The van der Waals surface area contributed by atoms with Crippen molar-refractivity contribution in [1.82, 2.24) is 10.2 Å². The van der Waals surface area contributed by atoms with Crippen LogP contribution in [0.4, 0.5) is 0 Å². The Morgan fingerprint density at radius 3 is 2.93 bits per heavy atom. The van der Waals surface area contributed by atoms with Gasteiger partial charge in [0.2, 0.25) is 0 Å². The van der Waals surface area contributed by atoms with Crippen LogP contribution < -0.4 is 5.32 Å². The smallest absolute Gasteiger partial charge is 0.0589 e. The molecule has 0 aliphatic carbocycles. The van der Waals surface area contributed by atoms with Crippen molar-refractivity contribution in [3.63, 3.8) is 0 Å². The van der Waals surface area contributed by atoms with Crippen LogP contribution in [0.2, 0.25) is 0 Å². The quantitative estimate of drug-likeness (QED) is 0.659. The molecule has 0 radical (unpaired) electrons. The van der Waals surface area contributed by atoms with E-state index >= 15 is 0 Å². The zero-order valence-electron chi connectivity index (χ0n) is 10.2. The molecule has 4 nitrogen and oxygen atoms in total. The SMILES string of the molecule is CNC(CN(C)CCOC)C1CCOC1. The van der Waals surface area contributed by atoms with Crippen LogP contribution in [0.1, 0.15) is 6.42 Å². The van der Waals surface area contributed by atoms with Crippen molar-refractivity contribution in [2.75, 3.05) is 54.1 Å². The highest BCUT2D eigenvalue weighted by molar-refractivity contribution is 4.80. The summed E-state index contributed by atoms with van der Waals surface area (Å²) in [6.07, 6.45) is 1.18. The van der Waals surface area contributed by atoms with Crippen molar-refractivity contribution < 1.29 is 9.47 Å². The van der Waals surface area contributed by atoms with Gasteiger partial charge in [0, 0.05) is 38.8 Å². The number of nitrogens with zero attached hydrogens (tertiary/aromatic N) is 1. The van der Waals surface area contributed by atoms with Crippen molar-refractivity contribution in [3.05, 3.63) is 0 Å². The molecule has 0 aromatic carbocycles. The van der Waals surface area contributed by atoms with Crippen LogP contribution in [0.5, 0.6) is 0 Å². The molecule has 0 aromatic heterocycles. The van der Waals surface area contributed by atoms with Crippen molar-refractivity contribution in [3.8, 4) is 0 Å². The van der Waals surface area contributed by atoms with Gasteiger partial charge in [-0.3, -0.25) is 0 Å². The zero-order chi connectivity index (χ0) is 11.1. The minimum absolute atomic E-state index is 0.536. The van der Waals surface area contributed by atoms with E-state index in [0.29, 0.717) is 12.0 Å². The molecule has 1 rings (SSSR count). The first kappa shape index (κ1) is 12.9. The van der Waals surface area contributed by atoms with E-state index in [0.717, 1.165) is 32.9 Å². The summed E-state index contributed by atoms with van der Waals surface area (Å²) in [4.78, 5) is 2.31. The summed E-state index contributed by atoms with van der Waals surface area (Å²) in [7, 11) is 5.92. The van der Waals surface area contributed by atoms with Gasteiger partial charge in [0.15, 0.2) is 0 Å². The monoisotopic (exact) mass is 216 g/mol. The van der Waals surface area contributed by atoms with E-state index in [4.69, 9.17) is 9.47 Å². The van der Waals surface area contributed by atoms with Crippen LogP contribution in [0.3, 0.4) is 0 Å². The maximum Gasteiger partial charge on any atom is 0.0589 e. The molecule has 0 amide bonds. The molecule has 1 fully saturated rings. The molecule has 0 saturated carbocycles. The predicted octanol–water partition coefficient (Wildman–Crippen LogP) is 0.189. The lowest BCUT2D eigenvalue weighted by atomic mass is 9.99. The van der Waals surface area contributed by atoms with Gasteiger partial charge in [0.05, 0.1) is 13.2 Å². The van der Waals surface area contributed by atoms with Gasteiger partial charge in [-0.2, -0.15) is 0 Å².